The van der Waals surface area contributed by atoms with Gasteiger partial charge in [0.25, 0.3) is 5.56 Å². The molecule has 2 aromatic carbocycles. The number of benzene rings is 2. The predicted octanol–water partition coefficient (Wildman–Crippen LogP) is 4.64. The Morgan fingerprint density at radius 2 is 1.84 bits per heavy atom. The van der Waals surface area contributed by atoms with Gasteiger partial charge in [-0.1, -0.05) is 18.2 Å². The molecule has 5 nitrogen and oxygen atoms in total. The highest BCUT2D eigenvalue weighted by atomic mass is 19.4. The molecule has 1 aliphatic rings. The number of halogens is 3. The molecule has 0 radical (unpaired) electrons. The number of aryl methyl sites for hydroxylation is 2. The van der Waals surface area contributed by atoms with Gasteiger partial charge in [0.2, 0.25) is 0 Å². The van der Waals surface area contributed by atoms with Gasteiger partial charge in [-0.25, -0.2) is 4.98 Å². The van der Waals surface area contributed by atoms with Gasteiger partial charge in [0.05, 0.1) is 23.9 Å². The van der Waals surface area contributed by atoms with Crippen molar-refractivity contribution in [2.45, 2.75) is 39.5 Å². The van der Waals surface area contributed by atoms with Crippen LogP contribution in [0.3, 0.4) is 0 Å². The van der Waals surface area contributed by atoms with Crippen LogP contribution >= 0.6 is 0 Å². The van der Waals surface area contributed by atoms with E-state index >= 15 is 0 Å². The summed E-state index contributed by atoms with van der Waals surface area (Å²) in [5.41, 5.74) is 4.13. The van der Waals surface area contributed by atoms with Crippen LogP contribution in [0, 0.1) is 13.8 Å². The van der Waals surface area contributed by atoms with E-state index in [1.165, 1.54) is 17.7 Å². The number of nitrogens with zero attached hydrogens (tertiary/aromatic N) is 2. The zero-order chi connectivity index (χ0) is 23.0. The molecule has 1 N–H and O–H groups in total. The van der Waals surface area contributed by atoms with Gasteiger partial charge in [-0.15, -0.1) is 0 Å². The van der Waals surface area contributed by atoms with Crippen molar-refractivity contribution in [2.24, 2.45) is 0 Å². The van der Waals surface area contributed by atoms with Gasteiger partial charge in [0.15, 0.2) is 0 Å². The Morgan fingerprint density at radius 3 is 2.50 bits per heavy atom. The molecule has 0 aliphatic carbocycles. The fraction of sp³-hybridized carbons (Fsp3) is 0.333. The first-order chi connectivity index (χ1) is 15.2. The van der Waals surface area contributed by atoms with Crippen molar-refractivity contribution < 1.29 is 17.9 Å². The van der Waals surface area contributed by atoms with E-state index in [-0.39, 0.29) is 11.4 Å². The van der Waals surface area contributed by atoms with E-state index in [0.717, 1.165) is 35.6 Å². The number of fused-ring (bicyclic) bond motifs is 1. The number of aromatic amines is 1. The summed E-state index contributed by atoms with van der Waals surface area (Å²) >= 11 is 0. The van der Waals surface area contributed by atoms with Crippen molar-refractivity contribution in [1.29, 1.82) is 0 Å². The third kappa shape index (κ3) is 4.41. The summed E-state index contributed by atoms with van der Waals surface area (Å²) in [5, 5.41) is 0. The highest BCUT2D eigenvalue weighted by molar-refractivity contribution is 5.56. The van der Waals surface area contributed by atoms with E-state index in [9.17, 15) is 18.0 Å². The summed E-state index contributed by atoms with van der Waals surface area (Å²) in [5.74, 6) is 1.14. The van der Waals surface area contributed by atoms with E-state index in [1.54, 1.807) is 7.11 Å². The Balaban J connectivity index is 1.55. The molecule has 168 valence electrons. The van der Waals surface area contributed by atoms with Gasteiger partial charge in [-0.05, 0) is 48.7 Å². The fourth-order valence-corrected chi connectivity index (χ4v) is 4.05. The van der Waals surface area contributed by atoms with Crippen molar-refractivity contribution in [2.75, 3.05) is 13.7 Å². The summed E-state index contributed by atoms with van der Waals surface area (Å²) in [6.07, 6.45) is -3.81. The van der Waals surface area contributed by atoms with Crippen LogP contribution in [0.25, 0.3) is 11.4 Å². The zero-order valence-electron chi connectivity index (χ0n) is 18.1. The van der Waals surface area contributed by atoms with E-state index < -0.39 is 11.7 Å². The first-order valence-electron chi connectivity index (χ1n) is 10.3. The first-order valence-corrected chi connectivity index (χ1v) is 10.3. The minimum absolute atomic E-state index is 0.253. The molecule has 1 aliphatic heterocycles. The average molecular weight is 443 g/mol. The van der Waals surface area contributed by atoms with Crippen LogP contribution in [-0.4, -0.2) is 28.5 Å². The molecule has 0 bridgehead atoms. The summed E-state index contributed by atoms with van der Waals surface area (Å²) in [4.78, 5) is 22.3. The maximum absolute atomic E-state index is 12.8. The molecule has 32 heavy (non-hydrogen) atoms. The minimum Gasteiger partial charge on any atom is -0.496 e. The molecule has 0 amide bonds. The van der Waals surface area contributed by atoms with Crippen LogP contribution in [-0.2, 0) is 25.7 Å². The Morgan fingerprint density at radius 1 is 1.12 bits per heavy atom. The summed E-state index contributed by atoms with van der Waals surface area (Å²) in [6.45, 7) is 5.96. The monoisotopic (exact) mass is 443 g/mol. The van der Waals surface area contributed by atoms with E-state index in [1.807, 2.05) is 19.9 Å². The normalized spacial score (nSPS) is 14.3. The molecule has 8 heteroatoms. The van der Waals surface area contributed by atoms with Crippen LogP contribution < -0.4 is 10.3 Å². The minimum atomic E-state index is -4.40. The highest BCUT2D eigenvalue weighted by Crippen LogP contribution is 2.30. The fourth-order valence-electron chi connectivity index (χ4n) is 4.05. The second-order valence-electron chi connectivity index (χ2n) is 8.12. The Labute approximate surface area is 183 Å². The molecule has 0 saturated carbocycles. The summed E-state index contributed by atoms with van der Waals surface area (Å²) < 4.78 is 43.8. The Bertz CT molecular complexity index is 1200. The van der Waals surface area contributed by atoms with E-state index in [4.69, 9.17) is 4.74 Å². The van der Waals surface area contributed by atoms with Gasteiger partial charge in [-0.2, -0.15) is 13.2 Å². The highest BCUT2D eigenvalue weighted by Gasteiger charge is 2.30. The molecular formula is C24H24F3N3O2. The largest absolute Gasteiger partial charge is 0.496 e. The van der Waals surface area contributed by atoms with Crippen LogP contribution in [0.4, 0.5) is 13.2 Å². The molecule has 0 saturated heterocycles. The number of aromatic nitrogens is 2. The van der Waals surface area contributed by atoms with Crippen LogP contribution in [0.1, 0.15) is 33.5 Å². The molecule has 2 heterocycles. The van der Waals surface area contributed by atoms with Crippen molar-refractivity contribution >= 4 is 0 Å². The number of rotatable bonds is 4. The Hall–Kier alpha value is -3.13. The topological polar surface area (TPSA) is 58.2 Å². The molecule has 0 spiro atoms. The molecule has 3 aromatic rings. The standard InChI is InChI=1S/C24H24F3N3O2/c1-14-11-21(32-3)15(2)10-17(14)12-30-9-8-20-19(13-30)23(31)29-22(28-20)16-4-6-18(7-5-16)24(25,26)27/h4-7,10-11H,8-9,12-13H2,1-3H3,(H,28,29,31). The lowest BCUT2D eigenvalue weighted by molar-refractivity contribution is -0.137. The number of hydrogen-bond acceptors (Lipinski definition) is 4. The molecule has 1 aromatic heterocycles. The lowest BCUT2D eigenvalue weighted by Gasteiger charge is -2.28. The first kappa shape index (κ1) is 22.1. The van der Waals surface area contributed by atoms with Crippen molar-refractivity contribution in [3.8, 4) is 17.1 Å². The van der Waals surface area contributed by atoms with Crippen LogP contribution in [0.2, 0.25) is 0 Å². The number of ether oxygens (including phenoxy) is 1. The lowest BCUT2D eigenvalue weighted by Crippen LogP contribution is -2.35. The third-order valence-corrected chi connectivity index (χ3v) is 5.88. The smallest absolute Gasteiger partial charge is 0.416 e. The van der Waals surface area contributed by atoms with Crippen molar-refractivity contribution in [3.63, 3.8) is 0 Å². The number of hydrogen-bond donors (Lipinski definition) is 1. The molecule has 0 unspecified atom stereocenters. The predicted molar refractivity (Wildman–Crippen MR) is 116 cm³/mol. The van der Waals surface area contributed by atoms with Gasteiger partial charge in [0.1, 0.15) is 11.6 Å². The summed E-state index contributed by atoms with van der Waals surface area (Å²) in [6, 6.07) is 8.79. The van der Waals surface area contributed by atoms with Gasteiger partial charge >= 0.3 is 6.18 Å². The second kappa shape index (κ2) is 8.43. The SMILES string of the molecule is COc1cc(C)c(CN2CCc3nc(-c4ccc(C(F)(F)F)cc4)[nH]c(=O)c3C2)cc1C. The quantitative estimate of drug-likeness (QED) is 0.638. The van der Waals surface area contributed by atoms with E-state index in [2.05, 4.69) is 20.9 Å². The second-order valence-corrected chi connectivity index (χ2v) is 8.12. The summed E-state index contributed by atoms with van der Waals surface area (Å²) in [7, 11) is 1.65. The van der Waals surface area contributed by atoms with E-state index in [0.29, 0.717) is 36.3 Å². The molecule has 0 atom stereocenters. The van der Waals surface area contributed by atoms with Crippen molar-refractivity contribution in [1.82, 2.24) is 14.9 Å². The molecule has 0 fully saturated rings. The third-order valence-electron chi connectivity index (χ3n) is 5.88. The van der Waals surface area contributed by atoms with Crippen molar-refractivity contribution in [3.05, 3.63) is 80.3 Å². The van der Waals surface area contributed by atoms with Crippen LogP contribution in [0.5, 0.6) is 5.75 Å². The lowest BCUT2D eigenvalue weighted by atomic mass is 10.0. The average Bonchev–Trinajstić information content (AvgIpc) is 2.76. The van der Waals surface area contributed by atoms with Gasteiger partial charge in [0, 0.05) is 31.6 Å². The number of H-pyrrole nitrogens is 1. The number of nitrogens with one attached hydrogen (secondary N) is 1. The molecular weight excluding hydrogens is 419 g/mol. The maximum atomic E-state index is 12.8. The van der Waals surface area contributed by atoms with Gasteiger partial charge in [-0.3, -0.25) is 9.69 Å². The zero-order valence-corrected chi connectivity index (χ0v) is 18.1. The molecule has 4 rings (SSSR count). The number of methoxy groups -OCH3 is 1. The van der Waals surface area contributed by atoms with Crippen LogP contribution in [0.15, 0.2) is 41.2 Å². The van der Waals surface area contributed by atoms with Gasteiger partial charge < -0.3 is 9.72 Å². The Kier molecular flexibility index (Phi) is 5.81. The maximum Gasteiger partial charge on any atom is 0.416 e. The number of alkyl halides is 3.